The molecule has 2 aromatic heterocycles. The summed E-state index contributed by atoms with van der Waals surface area (Å²) in [4.78, 5) is 32.6. The molecule has 0 saturated heterocycles. The summed E-state index contributed by atoms with van der Waals surface area (Å²) in [6, 6.07) is 4.77. The first-order valence-electron chi connectivity index (χ1n) is 10.2. The van der Waals surface area contributed by atoms with Crippen molar-refractivity contribution in [2.75, 3.05) is 4.90 Å². The Morgan fingerprint density at radius 2 is 2.00 bits per heavy atom. The first-order chi connectivity index (χ1) is 14.1. The lowest BCUT2D eigenvalue weighted by molar-refractivity contribution is -0.132. The lowest BCUT2D eigenvalue weighted by Crippen LogP contribution is -2.41. The van der Waals surface area contributed by atoms with E-state index in [0.29, 0.717) is 23.1 Å². The van der Waals surface area contributed by atoms with Crippen LogP contribution >= 0.6 is 0 Å². The molecule has 2 aliphatic heterocycles. The average molecular weight is 393 g/mol. The van der Waals surface area contributed by atoms with Gasteiger partial charge in [-0.25, -0.2) is 0 Å². The molecule has 7 nitrogen and oxygen atoms in total. The highest BCUT2D eigenvalue weighted by atomic mass is 16.5. The largest absolute Gasteiger partial charge is 0.483 e. The third-order valence-electron chi connectivity index (χ3n) is 6.42. The number of carbonyl (C=O) groups excluding carboxylic acids is 2. The number of anilines is 1. The fourth-order valence-corrected chi connectivity index (χ4v) is 4.89. The second kappa shape index (κ2) is 6.83. The zero-order valence-corrected chi connectivity index (χ0v) is 16.5. The van der Waals surface area contributed by atoms with E-state index in [0.717, 1.165) is 31.2 Å². The highest BCUT2D eigenvalue weighted by molar-refractivity contribution is 6.17. The molecule has 0 bridgehead atoms. The molecule has 29 heavy (non-hydrogen) atoms. The van der Waals surface area contributed by atoms with Gasteiger partial charge in [-0.2, -0.15) is 0 Å². The van der Waals surface area contributed by atoms with Gasteiger partial charge in [0.25, 0.3) is 5.91 Å². The zero-order chi connectivity index (χ0) is 20.1. The van der Waals surface area contributed by atoms with Gasteiger partial charge in [-0.1, -0.05) is 18.5 Å². The second-order valence-corrected chi connectivity index (χ2v) is 8.11. The summed E-state index contributed by atoms with van der Waals surface area (Å²) >= 11 is 0. The molecule has 4 heterocycles. The van der Waals surface area contributed by atoms with E-state index >= 15 is 0 Å². The molecule has 4 atom stereocenters. The monoisotopic (exact) mass is 393 g/mol. The number of hydrogen-bond donors (Lipinski definition) is 0. The van der Waals surface area contributed by atoms with Gasteiger partial charge >= 0.3 is 0 Å². The predicted octanol–water partition coefficient (Wildman–Crippen LogP) is 3.51. The Labute approximate surface area is 168 Å². The van der Waals surface area contributed by atoms with Crippen LogP contribution in [0, 0.1) is 18.8 Å². The molecule has 1 aliphatic carbocycles. The van der Waals surface area contributed by atoms with Gasteiger partial charge in [-0.15, -0.1) is 0 Å². The van der Waals surface area contributed by atoms with Crippen LogP contribution in [0.3, 0.4) is 0 Å². The minimum absolute atomic E-state index is 0.0345. The minimum atomic E-state index is -0.583. The van der Waals surface area contributed by atoms with Crippen molar-refractivity contribution in [3.05, 3.63) is 53.2 Å². The summed E-state index contributed by atoms with van der Waals surface area (Å²) in [5.41, 5.74) is 1.25. The number of amides is 1. The number of rotatable bonds is 3. The van der Waals surface area contributed by atoms with Crippen molar-refractivity contribution in [1.82, 2.24) is 10.1 Å². The van der Waals surface area contributed by atoms with Gasteiger partial charge in [0.2, 0.25) is 0 Å². The fourth-order valence-electron chi connectivity index (χ4n) is 4.89. The molecule has 1 amide bonds. The van der Waals surface area contributed by atoms with E-state index in [1.54, 1.807) is 25.4 Å². The molecule has 1 fully saturated rings. The maximum Gasteiger partial charge on any atom is 0.295 e. The molecule has 0 spiro atoms. The summed E-state index contributed by atoms with van der Waals surface area (Å²) in [6.07, 6.45) is 6.82. The Kier molecular flexibility index (Phi) is 4.26. The number of nitrogens with zero attached hydrogens (tertiary/aromatic N) is 3. The second-order valence-electron chi connectivity index (χ2n) is 8.11. The molecule has 0 N–H and O–H groups in total. The Bertz CT molecular complexity index is 996. The van der Waals surface area contributed by atoms with Crippen LogP contribution in [0.25, 0.3) is 0 Å². The summed E-state index contributed by atoms with van der Waals surface area (Å²) in [5, 5.41) is 4.04. The van der Waals surface area contributed by atoms with Crippen LogP contribution in [0.4, 0.5) is 5.82 Å². The summed E-state index contributed by atoms with van der Waals surface area (Å²) in [5.74, 6) is 1.19. The molecule has 2 aromatic rings. The molecule has 3 aliphatic rings. The Morgan fingerprint density at radius 1 is 1.21 bits per heavy atom. The number of hydrogen-bond acceptors (Lipinski definition) is 6. The Balaban J connectivity index is 1.61. The fraction of sp³-hybridized carbons (Fsp3) is 0.455. The first-order valence-corrected chi connectivity index (χ1v) is 10.2. The van der Waals surface area contributed by atoms with E-state index in [2.05, 4.69) is 17.1 Å². The Hall–Kier alpha value is -2.96. The standard InChI is InChI=1S/C22H23N3O4/c1-3-13-4-5-16-15(11-13)20(26)18-19(14-6-8-23-9-7-14)25(22(27)21(18)28-16)17-10-12(2)29-24-17/h6-10,13,15-16,19H,3-5,11H2,1-2H3. The van der Waals surface area contributed by atoms with Crippen molar-refractivity contribution < 1.29 is 18.8 Å². The Morgan fingerprint density at radius 3 is 2.69 bits per heavy atom. The first kappa shape index (κ1) is 18.1. The normalized spacial score (nSPS) is 29.0. The smallest absolute Gasteiger partial charge is 0.295 e. The van der Waals surface area contributed by atoms with Crippen molar-refractivity contribution >= 4 is 17.5 Å². The van der Waals surface area contributed by atoms with Gasteiger partial charge < -0.3 is 9.26 Å². The number of aromatic nitrogens is 2. The van der Waals surface area contributed by atoms with Crippen molar-refractivity contribution in [2.24, 2.45) is 11.8 Å². The number of aryl methyl sites for hydroxylation is 1. The van der Waals surface area contributed by atoms with Gasteiger partial charge in [-0.05, 0) is 49.8 Å². The molecule has 150 valence electrons. The maximum absolute atomic E-state index is 13.6. The van der Waals surface area contributed by atoms with Gasteiger partial charge in [0.05, 0.1) is 17.5 Å². The van der Waals surface area contributed by atoms with Crippen molar-refractivity contribution in [2.45, 2.75) is 51.7 Å². The van der Waals surface area contributed by atoms with Crippen LogP contribution in [-0.2, 0) is 14.3 Å². The van der Waals surface area contributed by atoms with Crippen LogP contribution in [0.1, 0.15) is 50.0 Å². The molecule has 4 unspecified atom stereocenters. The van der Waals surface area contributed by atoms with E-state index in [1.807, 2.05) is 12.1 Å². The molecule has 1 saturated carbocycles. The topological polar surface area (TPSA) is 85.5 Å². The summed E-state index contributed by atoms with van der Waals surface area (Å²) in [6.45, 7) is 3.93. The number of carbonyl (C=O) groups is 2. The van der Waals surface area contributed by atoms with E-state index in [1.165, 1.54) is 4.90 Å². The van der Waals surface area contributed by atoms with Gasteiger partial charge in [-0.3, -0.25) is 19.5 Å². The quantitative estimate of drug-likeness (QED) is 0.793. The molecular weight excluding hydrogens is 370 g/mol. The van der Waals surface area contributed by atoms with Crippen molar-refractivity contribution in [3.8, 4) is 0 Å². The van der Waals surface area contributed by atoms with Crippen LogP contribution in [0.5, 0.6) is 0 Å². The lowest BCUT2D eigenvalue weighted by Gasteiger charge is -2.38. The van der Waals surface area contributed by atoms with Gasteiger partial charge in [0.15, 0.2) is 17.4 Å². The predicted molar refractivity (Wildman–Crippen MR) is 104 cm³/mol. The van der Waals surface area contributed by atoms with Crippen molar-refractivity contribution in [3.63, 3.8) is 0 Å². The van der Waals surface area contributed by atoms with Crippen molar-refractivity contribution in [1.29, 1.82) is 0 Å². The highest BCUT2D eigenvalue weighted by Crippen LogP contribution is 2.48. The summed E-state index contributed by atoms with van der Waals surface area (Å²) in [7, 11) is 0. The minimum Gasteiger partial charge on any atom is -0.483 e. The number of pyridine rings is 1. The van der Waals surface area contributed by atoms with E-state index in [9.17, 15) is 9.59 Å². The molecular formula is C22H23N3O4. The lowest BCUT2D eigenvalue weighted by atomic mass is 9.73. The molecule has 5 rings (SSSR count). The van der Waals surface area contributed by atoms with Crippen LogP contribution in [0.15, 0.2) is 46.4 Å². The number of fused-ring (bicyclic) bond motifs is 1. The third-order valence-corrected chi connectivity index (χ3v) is 6.42. The van der Waals surface area contributed by atoms with Gasteiger partial charge in [0.1, 0.15) is 11.9 Å². The van der Waals surface area contributed by atoms with E-state index in [4.69, 9.17) is 9.26 Å². The number of Topliss-reactive ketones (excluding diaryl/α,β-unsaturated/α-hetero) is 1. The van der Waals surface area contributed by atoms with E-state index in [-0.39, 0.29) is 29.5 Å². The average Bonchev–Trinajstić information content (AvgIpc) is 3.30. The van der Waals surface area contributed by atoms with Crippen LogP contribution < -0.4 is 4.90 Å². The number of ether oxygens (including phenoxy) is 1. The van der Waals surface area contributed by atoms with E-state index < -0.39 is 6.04 Å². The summed E-state index contributed by atoms with van der Waals surface area (Å²) < 4.78 is 11.4. The van der Waals surface area contributed by atoms with Crippen LogP contribution in [0.2, 0.25) is 0 Å². The molecule has 7 heteroatoms. The highest BCUT2D eigenvalue weighted by Gasteiger charge is 2.53. The molecule has 0 radical (unpaired) electrons. The van der Waals surface area contributed by atoms with Crippen LogP contribution in [-0.4, -0.2) is 27.9 Å². The number of ketones is 1. The third kappa shape index (κ3) is 2.79. The molecule has 0 aromatic carbocycles. The van der Waals surface area contributed by atoms with Gasteiger partial charge in [0, 0.05) is 18.5 Å². The SMILES string of the molecule is CCC1CCC2OC3=C(C(=O)C2C1)C(c1ccncc1)N(c1cc(C)on1)C3=O. The zero-order valence-electron chi connectivity index (χ0n) is 16.5. The maximum atomic E-state index is 13.6.